The lowest BCUT2D eigenvalue weighted by atomic mass is 10.0. The maximum absolute atomic E-state index is 12.5. The van der Waals surface area contributed by atoms with E-state index < -0.39 is 12.1 Å². The topological polar surface area (TPSA) is 95.9 Å². The Morgan fingerprint density at radius 1 is 0.409 bits per heavy atom. The van der Waals surface area contributed by atoms with E-state index in [2.05, 4.69) is 31.3 Å². The highest BCUT2D eigenvalue weighted by Crippen LogP contribution is 2.17. The smallest absolute Gasteiger partial charge is 0.305 e. The molecule has 0 rings (SSSR count). The van der Waals surface area contributed by atoms with Crippen molar-refractivity contribution in [1.29, 1.82) is 0 Å². The largest absolute Gasteiger partial charge is 0.466 e. The molecule has 0 bridgehead atoms. The number of aliphatic hydroxyl groups excluding tert-OH is 2. The van der Waals surface area contributed by atoms with Gasteiger partial charge in [-0.2, -0.15) is 0 Å². The molecule has 0 aromatic carbocycles. The minimum Gasteiger partial charge on any atom is -0.466 e. The number of hydrogen-bond donors (Lipinski definition) is 3. The molecule has 66 heavy (non-hydrogen) atoms. The molecule has 0 aliphatic carbocycles. The molecule has 0 aliphatic rings. The van der Waals surface area contributed by atoms with Gasteiger partial charge in [-0.15, -0.1) is 0 Å². The Bertz CT molecular complexity index is 1030. The predicted octanol–water partition coefficient (Wildman–Crippen LogP) is 18.2. The second kappa shape index (κ2) is 55.9. The molecule has 0 aromatic heterocycles. The lowest BCUT2D eigenvalue weighted by molar-refractivity contribution is -0.143. The normalized spacial score (nSPS) is 12.7. The Hall–Kier alpha value is -1.66. The van der Waals surface area contributed by atoms with Crippen LogP contribution >= 0.6 is 0 Å². The molecule has 0 saturated carbocycles. The number of allylic oxidation sites excluding steroid dienone is 3. The van der Waals surface area contributed by atoms with E-state index in [9.17, 15) is 19.8 Å². The quantitative estimate of drug-likeness (QED) is 0.0321. The van der Waals surface area contributed by atoms with Crippen molar-refractivity contribution in [2.45, 2.75) is 334 Å². The maximum Gasteiger partial charge on any atom is 0.305 e. The Morgan fingerprint density at radius 3 is 1.08 bits per heavy atom. The van der Waals surface area contributed by atoms with E-state index in [4.69, 9.17) is 4.74 Å². The highest BCUT2D eigenvalue weighted by molar-refractivity contribution is 5.76. The molecule has 0 saturated heterocycles. The molecular formula is C60H115NO5. The summed E-state index contributed by atoms with van der Waals surface area (Å²) in [7, 11) is 0. The lowest BCUT2D eigenvalue weighted by Crippen LogP contribution is -2.45. The van der Waals surface area contributed by atoms with Crippen LogP contribution in [0.3, 0.4) is 0 Å². The van der Waals surface area contributed by atoms with Crippen LogP contribution in [-0.2, 0) is 14.3 Å². The van der Waals surface area contributed by atoms with Crippen molar-refractivity contribution in [3.8, 4) is 0 Å². The second-order valence-electron chi connectivity index (χ2n) is 20.3. The van der Waals surface area contributed by atoms with Crippen LogP contribution in [0.15, 0.2) is 24.3 Å². The van der Waals surface area contributed by atoms with E-state index in [0.29, 0.717) is 19.4 Å². The van der Waals surface area contributed by atoms with Crippen molar-refractivity contribution in [3.05, 3.63) is 24.3 Å². The van der Waals surface area contributed by atoms with Crippen LogP contribution in [0, 0.1) is 0 Å². The van der Waals surface area contributed by atoms with Crippen molar-refractivity contribution < 1.29 is 24.5 Å². The number of nitrogens with one attached hydrogen (secondary N) is 1. The zero-order valence-electron chi connectivity index (χ0n) is 44.4. The summed E-state index contributed by atoms with van der Waals surface area (Å²) in [5.74, 6) is -0.0851. The highest BCUT2D eigenvalue weighted by Gasteiger charge is 2.18. The van der Waals surface area contributed by atoms with Crippen LogP contribution in [0.5, 0.6) is 0 Å². The van der Waals surface area contributed by atoms with Gasteiger partial charge in [0.15, 0.2) is 0 Å². The fourth-order valence-electron chi connectivity index (χ4n) is 9.16. The van der Waals surface area contributed by atoms with Gasteiger partial charge in [0.2, 0.25) is 5.91 Å². The molecule has 0 heterocycles. The van der Waals surface area contributed by atoms with Crippen LogP contribution < -0.4 is 5.32 Å². The van der Waals surface area contributed by atoms with Crippen molar-refractivity contribution in [3.63, 3.8) is 0 Å². The SMILES string of the molecule is CCCCCCCCCCCCCCCCCCCCC/C=C/C(O)C(CO)NC(=O)CCCCCCC/C=C\CCCCCCCCCOC(=O)CCCCCCCCCCCCCC. The molecule has 0 spiro atoms. The molecule has 2 atom stereocenters. The third-order valence-corrected chi connectivity index (χ3v) is 13.7. The van der Waals surface area contributed by atoms with Gasteiger partial charge in [0.25, 0.3) is 0 Å². The number of ether oxygens (including phenoxy) is 1. The van der Waals surface area contributed by atoms with Crippen LogP contribution in [0.2, 0.25) is 0 Å². The molecule has 1 amide bonds. The minimum absolute atomic E-state index is 0.00280. The van der Waals surface area contributed by atoms with Crippen molar-refractivity contribution in [2.24, 2.45) is 0 Å². The Kier molecular flexibility index (Phi) is 54.5. The summed E-state index contributed by atoms with van der Waals surface area (Å²) >= 11 is 0. The van der Waals surface area contributed by atoms with Gasteiger partial charge in [-0.1, -0.05) is 276 Å². The monoisotopic (exact) mass is 930 g/mol. The van der Waals surface area contributed by atoms with Gasteiger partial charge in [-0.05, 0) is 57.8 Å². The third-order valence-electron chi connectivity index (χ3n) is 13.7. The fourth-order valence-corrected chi connectivity index (χ4v) is 9.16. The van der Waals surface area contributed by atoms with Crippen LogP contribution in [0.4, 0.5) is 0 Å². The molecule has 0 radical (unpaired) electrons. The summed E-state index contributed by atoms with van der Waals surface area (Å²) in [4.78, 5) is 24.5. The van der Waals surface area contributed by atoms with Crippen molar-refractivity contribution >= 4 is 11.9 Å². The maximum atomic E-state index is 12.5. The van der Waals surface area contributed by atoms with Crippen molar-refractivity contribution in [1.82, 2.24) is 5.32 Å². The van der Waals surface area contributed by atoms with Gasteiger partial charge >= 0.3 is 5.97 Å². The lowest BCUT2D eigenvalue weighted by Gasteiger charge is -2.20. The number of aliphatic hydroxyl groups is 2. The molecule has 3 N–H and O–H groups in total. The van der Waals surface area contributed by atoms with Crippen LogP contribution in [-0.4, -0.2) is 47.4 Å². The van der Waals surface area contributed by atoms with Gasteiger partial charge in [0.05, 0.1) is 25.4 Å². The van der Waals surface area contributed by atoms with Gasteiger partial charge in [-0.25, -0.2) is 0 Å². The van der Waals surface area contributed by atoms with Gasteiger partial charge < -0.3 is 20.3 Å². The number of carbonyl (C=O) groups is 2. The Balaban J connectivity index is 3.50. The zero-order valence-corrected chi connectivity index (χ0v) is 44.4. The van der Waals surface area contributed by atoms with Gasteiger partial charge in [0, 0.05) is 12.8 Å². The summed E-state index contributed by atoms with van der Waals surface area (Å²) < 4.78 is 5.46. The molecule has 6 heteroatoms. The number of rotatable bonds is 55. The van der Waals surface area contributed by atoms with E-state index in [1.807, 2.05) is 6.08 Å². The number of carbonyl (C=O) groups excluding carboxylic acids is 2. The van der Waals surface area contributed by atoms with E-state index >= 15 is 0 Å². The second-order valence-corrected chi connectivity index (χ2v) is 20.3. The molecule has 2 unspecified atom stereocenters. The molecule has 0 aliphatic heterocycles. The average Bonchev–Trinajstić information content (AvgIpc) is 3.32. The number of unbranched alkanes of at least 4 members (excludes halogenated alkanes) is 42. The minimum atomic E-state index is -0.855. The third kappa shape index (κ3) is 51.7. The van der Waals surface area contributed by atoms with E-state index in [1.165, 1.54) is 231 Å². The number of esters is 1. The first-order valence-corrected chi connectivity index (χ1v) is 29.6. The standard InChI is InChI=1S/C60H115NO5/c1-3-5-7-9-11-13-15-17-18-19-20-21-22-23-26-29-32-36-40-44-48-52-58(63)57(56-62)61-59(64)53-49-45-41-37-33-30-27-24-25-28-31-35-39-43-47-51-55-66-60(65)54-50-46-42-38-34-16-14-12-10-8-6-4-2/h24,27,48,52,57-58,62-63H,3-23,25-26,28-47,49-51,53-56H2,1-2H3,(H,61,64)/b27-24-,52-48+. The number of hydrogen-bond acceptors (Lipinski definition) is 5. The van der Waals surface area contributed by atoms with Crippen LogP contribution in [0.25, 0.3) is 0 Å². The first-order chi connectivity index (χ1) is 32.5. The predicted molar refractivity (Wildman–Crippen MR) is 287 cm³/mol. The van der Waals surface area contributed by atoms with E-state index in [1.54, 1.807) is 6.08 Å². The number of amides is 1. The molecule has 0 aromatic rings. The van der Waals surface area contributed by atoms with Gasteiger partial charge in [0.1, 0.15) is 0 Å². The summed E-state index contributed by atoms with van der Waals surface area (Å²) in [6.45, 7) is 4.90. The summed E-state index contributed by atoms with van der Waals surface area (Å²) in [6, 6.07) is -0.640. The van der Waals surface area contributed by atoms with Crippen molar-refractivity contribution in [2.75, 3.05) is 13.2 Å². The van der Waals surface area contributed by atoms with Gasteiger partial charge in [-0.3, -0.25) is 9.59 Å². The van der Waals surface area contributed by atoms with E-state index in [0.717, 1.165) is 64.2 Å². The molecule has 0 fully saturated rings. The summed E-state index contributed by atoms with van der Waals surface area (Å²) in [5.41, 5.74) is 0. The molecule has 6 nitrogen and oxygen atoms in total. The summed E-state index contributed by atoms with van der Waals surface area (Å²) in [6.07, 6.45) is 67.7. The highest BCUT2D eigenvalue weighted by atomic mass is 16.5. The fraction of sp³-hybridized carbons (Fsp3) is 0.900. The average molecular weight is 931 g/mol. The Morgan fingerprint density at radius 2 is 0.712 bits per heavy atom. The zero-order chi connectivity index (χ0) is 47.9. The molecule has 390 valence electrons. The van der Waals surface area contributed by atoms with E-state index in [-0.39, 0.29) is 18.5 Å². The first-order valence-electron chi connectivity index (χ1n) is 29.6. The summed E-state index contributed by atoms with van der Waals surface area (Å²) in [5, 5.41) is 23.2. The molecular weight excluding hydrogens is 815 g/mol. The first kappa shape index (κ1) is 64.3. The Labute approximate surface area is 411 Å². The van der Waals surface area contributed by atoms with Crippen LogP contribution in [0.1, 0.15) is 322 Å².